The lowest BCUT2D eigenvalue weighted by Crippen LogP contribution is -2.42. The standard InChI is InChI=1S/C14H20N4O2S/c1-9-7-10-11(17-13(15-2)18-12(10)21-9)16-8-14(19)3-5-20-6-4-14/h7,19H,3-6,8H2,1-2H3,(H2,15,16,17,18). The van der Waals surface area contributed by atoms with Crippen molar-refractivity contribution in [2.45, 2.75) is 25.4 Å². The van der Waals surface area contributed by atoms with Gasteiger partial charge in [-0.2, -0.15) is 4.98 Å². The predicted octanol–water partition coefficient (Wildman–Crippen LogP) is 1.99. The molecule has 3 N–H and O–H groups in total. The number of nitrogens with zero attached hydrogens (tertiary/aromatic N) is 2. The van der Waals surface area contributed by atoms with Crippen molar-refractivity contribution >= 4 is 33.3 Å². The molecule has 21 heavy (non-hydrogen) atoms. The van der Waals surface area contributed by atoms with Crippen LogP contribution >= 0.6 is 11.3 Å². The molecule has 2 aromatic heterocycles. The van der Waals surface area contributed by atoms with E-state index in [2.05, 4.69) is 33.6 Å². The van der Waals surface area contributed by atoms with Gasteiger partial charge in [0.25, 0.3) is 0 Å². The molecule has 1 aliphatic heterocycles. The van der Waals surface area contributed by atoms with Gasteiger partial charge in [0.2, 0.25) is 5.95 Å². The Labute approximate surface area is 127 Å². The largest absolute Gasteiger partial charge is 0.388 e. The zero-order chi connectivity index (χ0) is 14.9. The van der Waals surface area contributed by atoms with Gasteiger partial charge < -0.3 is 20.5 Å². The van der Waals surface area contributed by atoms with Crippen molar-refractivity contribution in [3.05, 3.63) is 10.9 Å². The molecule has 0 amide bonds. The lowest BCUT2D eigenvalue weighted by Gasteiger charge is -2.32. The lowest BCUT2D eigenvalue weighted by molar-refractivity contribution is -0.0543. The van der Waals surface area contributed by atoms with Gasteiger partial charge in [0.1, 0.15) is 10.6 Å². The van der Waals surface area contributed by atoms with E-state index in [1.54, 1.807) is 18.4 Å². The highest BCUT2D eigenvalue weighted by atomic mass is 32.1. The molecule has 0 atom stereocenters. The summed E-state index contributed by atoms with van der Waals surface area (Å²) in [7, 11) is 1.80. The van der Waals surface area contributed by atoms with Crippen molar-refractivity contribution in [3.63, 3.8) is 0 Å². The molecule has 114 valence electrons. The Morgan fingerprint density at radius 1 is 1.38 bits per heavy atom. The zero-order valence-electron chi connectivity index (χ0n) is 12.3. The van der Waals surface area contributed by atoms with Crippen molar-refractivity contribution < 1.29 is 9.84 Å². The van der Waals surface area contributed by atoms with Gasteiger partial charge in [-0.15, -0.1) is 11.3 Å². The first kappa shape index (κ1) is 14.5. The van der Waals surface area contributed by atoms with Crippen molar-refractivity contribution in [2.24, 2.45) is 0 Å². The molecule has 3 heterocycles. The van der Waals surface area contributed by atoms with E-state index in [4.69, 9.17) is 4.74 Å². The Morgan fingerprint density at radius 2 is 2.14 bits per heavy atom. The SMILES string of the molecule is CNc1nc(NCC2(O)CCOCC2)c2cc(C)sc2n1. The first-order valence-electron chi connectivity index (χ1n) is 7.10. The number of ether oxygens (including phenoxy) is 1. The summed E-state index contributed by atoms with van der Waals surface area (Å²) in [4.78, 5) is 11.1. The summed E-state index contributed by atoms with van der Waals surface area (Å²) < 4.78 is 5.31. The van der Waals surface area contributed by atoms with Crippen LogP contribution in [0.3, 0.4) is 0 Å². The number of thiophene rings is 1. The van der Waals surface area contributed by atoms with Crippen LogP contribution in [0.2, 0.25) is 0 Å². The molecule has 7 heteroatoms. The fourth-order valence-electron chi connectivity index (χ4n) is 2.46. The average Bonchev–Trinajstić information content (AvgIpc) is 2.85. The first-order valence-corrected chi connectivity index (χ1v) is 7.91. The van der Waals surface area contributed by atoms with Crippen LogP contribution in [0.1, 0.15) is 17.7 Å². The van der Waals surface area contributed by atoms with Crippen molar-refractivity contribution in [1.82, 2.24) is 9.97 Å². The van der Waals surface area contributed by atoms with E-state index in [0.717, 1.165) is 16.0 Å². The summed E-state index contributed by atoms with van der Waals surface area (Å²) >= 11 is 1.64. The van der Waals surface area contributed by atoms with Gasteiger partial charge in [-0.25, -0.2) is 4.98 Å². The van der Waals surface area contributed by atoms with Crippen LogP contribution in [-0.4, -0.2) is 47.5 Å². The van der Waals surface area contributed by atoms with Crippen LogP contribution < -0.4 is 10.6 Å². The molecule has 1 saturated heterocycles. The lowest BCUT2D eigenvalue weighted by atomic mass is 9.94. The zero-order valence-corrected chi connectivity index (χ0v) is 13.1. The number of aliphatic hydroxyl groups is 1. The van der Waals surface area contributed by atoms with E-state index in [9.17, 15) is 5.11 Å². The van der Waals surface area contributed by atoms with E-state index in [1.807, 2.05) is 0 Å². The topological polar surface area (TPSA) is 79.3 Å². The second-order valence-electron chi connectivity index (χ2n) is 5.41. The van der Waals surface area contributed by atoms with Crippen molar-refractivity contribution in [3.8, 4) is 0 Å². The molecule has 0 aromatic carbocycles. The minimum Gasteiger partial charge on any atom is -0.388 e. The molecule has 3 rings (SSSR count). The third-order valence-corrected chi connectivity index (χ3v) is 4.69. The highest BCUT2D eigenvalue weighted by Crippen LogP contribution is 2.30. The maximum Gasteiger partial charge on any atom is 0.225 e. The minimum absolute atomic E-state index is 0.473. The molecule has 0 unspecified atom stereocenters. The summed E-state index contributed by atoms with van der Waals surface area (Å²) in [5.41, 5.74) is -0.722. The monoisotopic (exact) mass is 308 g/mol. The molecule has 0 saturated carbocycles. The molecule has 6 nitrogen and oxygen atoms in total. The van der Waals surface area contributed by atoms with Gasteiger partial charge >= 0.3 is 0 Å². The van der Waals surface area contributed by atoms with Crippen molar-refractivity contribution in [2.75, 3.05) is 37.4 Å². The van der Waals surface area contributed by atoms with Crippen LogP contribution in [0, 0.1) is 6.92 Å². The number of hydrogen-bond donors (Lipinski definition) is 3. The number of nitrogens with one attached hydrogen (secondary N) is 2. The van der Waals surface area contributed by atoms with Crippen molar-refractivity contribution in [1.29, 1.82) is 0 Å². The third-order valence-electron chi connectivity index (χ3n) is 3.75. The molecular weight excluding hydrogens is 288 g/mol. The molecule has 0 radical (unpaired) electrons. The summed E-state index contributed by atoms with van der Waals surface area (Å²) in [5, 5.41) is 17.8. The minimum atomic E-state index is -0.722. The number of aromatic nitrogens is 2. The van der Waals surface area contributed by atoms with Crippen LogP contribution in [0.25, 0.3) is 10.2 Å². The quantitative estimate of drug-likeness (QED) is 0.802. The molecule has 0 bridgehead atoms. The average molecular weight is 308 g/mol. The van der Waals surface area contributed by atoms with Gasteiger partial charge in [-0.05, 0) is 13.0 Å². The van der Waals surface area contributed by atoms with Crippen LogP contribution in [0.4, 0.5) is 11.8 Å². The van der Waals surface area contributed by atoms with Gasteiger partial charge in [0.15, 0.2) is 0 Å². The van der Waals surface area contributed by atoms with Crippen LogP contribution in [0.5, 0.6) is 0 Å². The molecule has 0 aliphatic carbocycles. The number of rotatable bonds is 4. The molecule has 0 spiro atoms. The van der Waals surface area contributed by atoms with E-state index < -0.39 is 5.60 Å². The number of hydrogen-bond acceptors (Lipinski definition) is 7. The second kappa shape index (κ2) is 5.75. The Balaban J connectivity index is 1.85. The Morgan fingerprint density at radius 3 is 2.86 bits per heavy atom. The fraction of sp³-hybridized carbons (Fsp3) is 0.571. The molecule has 1 aliphatic rings. The van der Waals surface area contributed by atoms with E-state index in [-0.39, 0.29) is 0 Å². The summed E-state index contributed by atoms with van der Waals surface area (Å²) in [6.07, 6.45) is 1.30. The van der Waals surface area contributed by atoms with Gasteiger partial charge in [-0.3, -0.25) is 0 Å². The molecule has 1 fully saturated rings. The first-order chi connectivity index (χ1) is 10.1. The number of fused-ring (bicyclic) bond motifs is 1. The number of aryl methyl sites for hydroxylation is 1. The molecule has 2 aromatic rings. The van der Waals surface area contributed by atoms with Crippen LogP contribution in [-0.2, 0) is 4.74 Å². The highest BCUT2D eigenvalue weighted by Gasteiger charge is 2.29. The Hall–Kier alpha value is -1.44. The molecular formula is C14H20N4O2S. The Kier molecular flexibility index (Phi) is 3.97. The maximum absolute atomic E-state index is 10.5. The number of anilines is 2. The van der Waals surface area contributed by atoms with Gasteiger partial charge in [0, 0.05) is 44.5 Å². The van der Waals surface area contributed by atoms with Gasteiger partial charge in [-0.1, -0.05) is 0 Å². The van der Waals surface area contributed by atoms with Gasteiger partial charge in [0.05, 0.1) is 11.0 Å². The van der Waals surface area contributed by atoms with E-state index >= 15 is 0 Å². The summed E-state index contributed by atoms with van der Waals surface area (Å²) in [6.45, 7) is 3.75. The maximum atomic E-state index is 10.5. The smallest absolute Gasteiger partial charge is 0.225 e. The fourth-order valence-corrected chi connectivity index (χ4v) is 3.34. The summed E-state index contributed by atoms with van der Waals surface area (Å²) in [6, 6.07) is 2.08. The second-order valence-corrected chi connectivity index (χ2v) is 6.65. The normalized spacial score (nSPS) is 17.9. The Bertz CT molecular complexity index is 637. The van der Waals surface area contributed by atoms with E-state index in [1.165, 1.54) is 4.88 Å². The van der Waals surface area contributed by atoms with Crippen LogP contribution in [0.15, 0.2) is 6.07 Å². The van der Waals surface area contributed by atoms with E-state index in [0.29, 0.717) is 38.5 Å². The summed E-state index contributed by atoms with van der Waals surface area (Å²) in [5.74, 6) is 1.36. The third kappa shape index (κ3) is 3.09. The predicted molar refractivity (Wildman–Crippen MR) is 85.2 cm³/mol. The highest BCUT2D eigenvalue weighted by molar-refractivity contribution is 7.18.